The molecule has 21 heavy (non-hydrogen) atoms. The monoisotopic (exact) mass is 518 g/mol. The van der Waals surface area contributed by atoms with Crippen molar-refractivity contribution in [3.63, 3.8) is 0 Å². The molecular formula is C12H12Cl2F4O2W. The maximum atomic E-state index is 12.2. The van der Waals surface area contributed by atoms with Crippen molar-refractivity contribution in [3.05, 3.63) is 37.2 Å². The molecule has 0 aliphatic rings. The van der Waals surface area contributed by atoms with Crippen molar-refractivity contribution in [2.45, 2.75) is 25.7 Å². The van der Waals surface area contributed by atoms with Crippen LogP contribution in [0, 0.1) is 13.8 Å². The van der Waals surface area contributed by atoms with Crippen LogP contribution >= 0.6 is 23.2 Å². The molecule has 0 spiro atoms. The average Bonchev–Trinajstić information content (AvgIpc) is 2.37. The predicted molar refractivity (Wildman–Crippen MR) is 69.4 cm³/mol. The summed E-state index contributed by atoms with van der Waals surface area (Å²) < 4.78 is 48.6. The van der Waals surface area contributed by atoms with Crippen molar-refractivity contribution < 1.29 is 48.2 Å². The zero-order valence-electron chi connectivity index (χ0n) is 10.7. The van der Waals surface area contributed by atoms with Crippen LogP contribution in [0.15, 0.2) is 23.3 Å². The number of carbonyl (C=O) groups is 2. The molecular weight excluding hydrogens is 507 g/mol. The summed E-state index contributed by atoms with van der Waals surface area (Å²) >= 11 is 9.25. The summed E-state index contributed by atoms with van der Waals surface area (Å²) in [5.74, 6) is -5.28. The molecule has 0 unspecified atom stereocenters. The van der Waals surface area contributed by atoms with Gasteiger partial charge in [0.2, 0.25) is 11.7 Å². The zero-order chi connectivity index (χ0) is 16.3. The van der Waals surface area contributed by atoms with Gasteiger partial charge in [0.15, 0.2) is 0 Å². The third-order valence-corrected chi connectivity index (χ3v) is 1.95. The molecule has 9 heteroatoms. The second-order valence-corrected chi connectivity index (χ2v) is 3.88. The van der Waals surface area contributed by atoms with Crippen LogP contribution in [0.1, 0.15) is 25.7 Å². The molecule has 0 aromatic heterocycles. The topological polar surface area (TPSA) is 34.1 Å². The number of hydrogen-bond acceptors (Lipinski definition) is 2. The Kier molecular flexibility index (Phi) is 18.1. The predicted octanol–water partition coefficient (Wildman–Crippen LogP) is 5.03. The van der Waals surface area contributed by atoms with Gasteiger partial charge in [-0.05, 0) is 36.0 Å². The second-order valence-electron chi connectivity index (χ2n) is 3.19. The SMILES string of the molecule is [CH2-]CC/C(F)=C(\F)C(=O)Cl.[CH2-]CC/C(F)=C(\F)C(=O)Cl.[W+2]. The molecule has 0 aromatic carbocycles. The molecule has 0 aliphatic heterocycles. The van der Waals surface area contributed by atoms with Crippen molar-refractivity contribution in [1.29, 1.82) is 0 Å². The van der Waals surface area contributed by atoms with Crippen molar-refractivity contribution >= 4 is 33.7 Å². The molecule has 0 amide bonds. The van der Waals surface area contributed by atoms with Crippen LogP contribution in [0.5, 0.6) is 0 Å². The van der Waals surface area contributed by atoms with Crippen molar-refractivity contribution in [2.75, 3.05) is 0 Å². The van der Waals surface area contributed by atoms with Gasteiger partial charge in [0.25, 0.3) is 10.5 Å². The molecule has 0 rings (SSSR count). The number of carbonyl (C=O) groups excluding carboxylic acids is 2. The van der Waals surface area contributed by atoms with E-state index in [2.05, 4.69) is 37.0 Å². The molecule has 0 atom stereocenters. The average molecular weight is 519 g/mol. The molecule has 0 fully saturated rings. The third-order valence-electron chi connectivity index (χ3n) is 1.61. The van der Waals surface area contributed by atoms with E-state index in [4.69, 9.17) is 0 Å². The molecule has 0 radical (unpaired) electrons. The molecule has 120 valence electrons. The van der Waals surface area contributed by atoms with E-state index in [0.717, 1.165) is 0 Å². The van der Waals surface area contributed by atoms with E-state index in [-0.39, 0.29) is 46.7 Å². The Labute approximate surface area is 144 Å². The number of halogens is 6. The van der Waals surface area contributed by atoms with Gasteiger partial charge < -0.3 is 13.8 Å². The molecule has 2 nitrogen and oxygen atoms in total. The van der Waals surface area contributed by atoms with Crippen LogP contribution in [-0.4, -0.2) is 10.5 Å². The van der Waals surface area contributed by atoms with E-state index in [1.807, 2.05) is 0 Å². The smallest absolute Gasteiger partial charge is 0.343 e. The van der Waals surface area contributed by atoms with E-state index in [1.165, 1.54) is 0 Å². The first kappa shape index (κ1) is 25.7. The zero-order valence-corrected chi connectivity index (χ0v) is 15.2. The minimum atomic E-state index is -1.51. The number of hydrogen-bond donors (Lipinski definition) is 0. The third kappa shape index (κ3) is 13.2. The summed E-state index contributed by atoms with van der Waals surface area (Å²) in [6.45, 7) is 6.54. The van der Waals surface area contributed by atoms with Gasteiger partial charge in [0.05, 0.1) is 0 Å². The van der Waals surface area contributed by atoms with Crippen molar-refractivity contribution in [3.8, 4) is 0 Å². The van der Waals surface area contributed by atoms with Gasteiger partial charge in [0, 0.05) is 0 Å². The fourth-order valence-electron chi connectivity index (χ4n) is 0.743. The number of rotatable bonds is 6. The molecule has 0 N–H and O–H groups in total. The summed E-state index contributed by atoms with van der Waals surface area (Å²) in [7, 11) is 0. The standard InChI is InChI=1S/2C6H6ClF2O.W/c2*1-2-3-4(8)5(9)6(7)10;/h2*1-3H2;/q2*-1;+2/b2*5-4+;. The molecule has 0 saturated heterocycles. The first-order chi connectivity index (χ1) is 9.18. The van der Waals surface area contributed by atoms with Crippen molar-refractivity contribution in [1.82, 2.24) is 0 Å². The molecule has 0 saturated carbocycles. The molecule has 0 bridgehead atoms. The quantitative estimate of drug-likeness (QED) is 0.214. The molecule has 0 aromatic rings. The van der Waals surface area contributed by atoms with E-state index in [0.29, 0.717) is 0 Å². The van der Waals surface area contributed by atoms with E-state index >= 15 is 0 Å². The van der Waals surface area contributed by atoms with Gasteiger partial charge in [-0.15, -0.1) is 0 Å². The Morgan fingerprint density at radius 3 is 1.14 bits per heavy atom. The minimum absolute atomic E-state index is 0. The Balaban J connectivity index is -0.000000295. The maximum Gasteiger partial charge on any atom is 2.00 e. The van der Waals surface area contributed by atoms with Crippen LogP contribution in [0.4, 0.5) is 17.6 Å². The molecule has 0 heterocycles. The van der Waals surface area contributed by atoms with Gasteiger partial charge in [-0.3, -0.25) is 9.59 Å². The van der Waals surface area contributed by atoms with E-state index < -0.39 is 33.8 Å². The van der Waals surface area contributed by atoms with Crippen LogP contribution in [0.3, 0.4) is 0 Å². The summed E-state index contributed by atoms with van der Waals surface area (Å²) in [5, 5.41) is -2.79. The fraction of sp³-hybridized carbons (Fsp3) is 0.333. The maximum absolute atomic E-state index is 12.2. The summed E-state index contributed by atoms with van der Waals surface area (Å²) in [5.41, 5.74) is 0. The van der Waals surface area contributed by atoms with Gasteiger partial charge in [-0.1, -0.05) is 0 Å². The van der Waals surface area contributed by atoms with Crippen molar-refractivity contribution in [2.24, 2.45) is 0 Å². The molecule has 0 aliphatic carbocycles. The Morgan fingerprint density at radius 2 is 1.00 bits per heavy atom. The first-order valence-electron chi connectivity index (χ1n) is 5.25. The largest absolute Gasteiger partial charge is 2.00 e. The normalized spacial score (nSPS) is 12.2. The number of allylic oxidation sites excluding steroid dienone is 4. The Morgan fingerprint density at radius 1 is 0.762 bits per heavy atom. The minimum Gasteiger partial charge on any atom is -0.343 e. The Bertz CT molecular complexity index is 374. The van der Waals surface area contributed by atoms with Crippen LogP contribution < -0.4 is 0 Å². The van der Waals surface area contributed by atoms with Crippen LogP contribution in [0.2, 0.25) is 0 Å². The van der Waals surface area contributed by atoms with E-state index in [9.17, 15) is 27.2 Å². The summed E-state index contributed by atoms with van der Waals surface area (Å²) in [6.07, 6.45) is 0.0153. The fourth-order valence-corrected chi connectivity index (χ4v) is 0.948. The summed E-state index contributed by atoms with van der Waals surface area (Å²) in [6, 6.07) is 0. The van der Waals surface area contributed by atoms with Crippen LogP contribution in [0.25, 0.3) is 0 Å². The Hall–Kier alpha value is -0.192. The van der Waals surface area contributed by atoms with Gasteiger partial charge in [0.1, 0.15) is 11.7 Å². The van der Waals surface area contributed by atoms with Gasteiger partial charge in [-0.2, -0.15) is 21.6 Å². The first-order valence-corrected chi connectivity index (χ1v) is 6.01. The second kappa shape index (κ2) is 14.7. The summed E-state index contributed by atoms with van der Waals surface area (Å²) in [4.78, 5) is 19.9. The van der Waals surface area contributed by atoms with Gasteiger partial charge in [-0.25, -0.2) is 8.78 Å². The van der Waals surface area contributed by atoms with E-state index in [1.54, 1.807) is 0 Å². The van der Waals surface area contributed by atoms with Gasteiger partial charge >= 0.3 is 21.1 Å². The van der Waals surface area contributed by atoms with Crippen LogP contribution in [-0.2, 0) is 30.7 Å².